The maximum Gasteiger partial charge on any atom is 0.335 e. The van der Waals surface area contributed by atoms with E-state index in [0.29, 0.717) is 38.5 Å². The molecule has 9 aliphatic rings. The smallest absolute Gasteiger partial charge is 0.335 e. The lowest BCUT2D eigenvalue weighted by Gasteiger charge is -2.73. The number of fused-ring (bicyclic) bond motifs is 7. The molecule has 442 valence electrons. The van der Waals surface area contributed by atoms with Gasteiger partial charge in [0.1, 0.15) is 79.4 Å². The van der Waals surface area contributed by atoms with E-state index in [2.05, 4.69) is 19.9 Å². The van der Waals surface area contributed by atoms with E-state index in [9.17, 15) is 86.5 Å². The number of ether oxygens (including phenoxy) is 8. The Morgan fingerprint density at radius 1 is 0.597 bits per heavy atom. The molecule has 9 rings (SSSR count). The van der Waals surface area contributed by atoms with Crippen molar-refractivity contribution in [1.82, 2.24) is 0 Å². The maximum absolute atomic E-state index is 13.0. The number of allylic oxidation sites excluding steroid dienone is 1. The number of aliphatic hydroxyl groups is 15. The number of aliphatic carboxylic acids is 1. The number of hydrogen-bond donors (Lipinski definition) is 16. The summed E-state index contributed by atoms with van der Waals surface area (Å²) >= 11 is 0. The SMILES string of the molecule is CC1(C)C[C@H]2C3=CC[C@@H]4[C@@]5(C)CC[C@H](O[C@@H]6O[C@H](C(=O)O)[C@@H](O)[C@H](O[C@@H]7OC[C@H](O)[C@H](O)[C@H]7O[C@@H]7OC[C@@H](O)[C@H](O)[C@H]7O)[C@H]6O[C@@H]6O[C@H](CO)[C@H](O)[C@H](O)[C@H]6O)C(C)(C)[C@@H]5CC[C@@]4(C)[C@]3(C)[C@@H](O)[C@@H](O)[C@@]2(CO)[C@@H](O)[C@@H]1O. The highest BCUT2D eigenvalue weighted by Gasteiger charge is 2.75. The van der Waals surface area contributed by atoms with Gasteiger partial charge in [-0.05, 0) is 77.9 Å². The molecule has 0 spiro atoms. The molecule has 0 aromatic heterocycles. The van der Waals surface area contributed by atoms with E-state index in [0.717, 1.165) is 5.57 Å². The van der Waals surface area contributed by atoms with E-state index in [1.807, 2.05) is 34.6 Å². The van der Waals surface area contributed by atoms with Crippen molar-refractivity contribution in [1.29, 1.82) is 0 Å². The quantitative estimate of drug-likeness (QED) is 0.0687. The number of carboxylic acid groups (broad SMARTS) is 1. The van der Waals surface area contributed by atoms with Crippen LogP contribution >= 0.6 is 0 Å². The van der Waals surface area contributed by atoms with Crippen LogP contribution in [0.3, 0.4) is 0 Å². The summed E-state index contributed by atoms with van der Waals surface area (Å²) in [6, 6.07) is 0. The average Bonchev–Trinajstić information content (AvgIpc) is 3.57. The minimum Gasteiger partial charge on any atom is -0.479 e. The Kier molecular flexibility index (Phi) is 16.5. The lowest BCUT2D eigenvalue weighted by atomic mass is 9.32. The van der Waals surface area contributed by atoms with Gasteiger partial charge in [-0.3, -0.25) is 0 Å². The summed E-state index contributed by atoms with van der Waals surface area (Å²) in [6.07, 6.45) is -35.4. The number of aliphatic hydroxyl groups excluding tert-OH is 15. The Morgan fingerprint density at radius 2 is 1.19 bits per heavy atom. The minimum absolute atomic E-state index is 0.121. The molecular weight excluding hydrogens is 1020 g/mol. The van der Waals surface area contributed by atoms with Crippen molar-refractivity contribution in [3.05, 3.63) is 11.6 Å². The average molecular weight is 1110 g/mol. The molecule has 25 heteroatoms. The normalized spacial score (nSPS) is 55.4. The van der Waals surface area contributed by atoms with Crippen LogP contribution in [0.5, 0.6) is 0 Å². The molecule has 4 saturated heterocycles. The van der Waals surface area contributed by atoms with Crippen LogP contribution in [0.15, 0.2) is 11.6 Å². The highest BCUT2D eigenvalue weighted by atomic mass is 16.8. The van der Waals surface area contributed by atoms with Gasteiger partial charge in [-0.1, -0.05) is 60.1 Å². The van der Waals surface area contributed by atoms with Gasteiger partial charge in [0.25, 0.3) is 0 Å². The van der Waals surface area contributed by atoms with Crippen molar-refractivity contribution in [2.24, 2.45) is 50.2 Å². The summed E-state index contributed by atoms with van der Waals surface area (Å²) in [7, 11) is 0. The highest BCUT2D eigenvalue weighted by Crippen LogP contribution is 2.76. The number of carbonyl (C=O) groups is 1. The van der Waals surface area contributed by atoms with E-state index >= 15 is 0 Å². The standard InChI is InChI=1S/C52H84O25/c1-47(2)14-20-19-8-9-25-49(5)12-11-26(48(3,4)24(49)10-13-50(25,6)51(19,7)39(65)41(67)52(20,18-54)40(66)38(47)64)73-46-37(77-44-32(62)30(60)29(59)23(15-53)72-44)34(33(63)35(75-46)42(68)69)74-45-36(28(58)22(56)17-71-45)76-43-31(61)27(57)21(55)16-70-43/h8,20-41,43-46,53-67H,9-18H2,1-7H3,(H,68,69)/t20-,21+,22-,23+,24-,25+,26-,27-,28-,29-,30-,31+,32+,33-,34-,35-,36+,37+,38-,39-,40-,41+,43-,44-,45-,46+,49-,50+,51-,52+/m0/s1. The number of rotatable bonds is 11. The van der Waals surface area contributed by atoms with Gasteiger partial charge >= 0.3 is 5.97 Å². The molecule has 0 amide bonds. The fourth-order valence-corrected chi connectivity index (χ4v) is 16.3. The van der Waals surface area contributed by atoms with Crippen molar-refractivity contribution in [2.75, 3.05) is 26.4 Å². The van der Waals surface area contributed by atoms with Crippen LogP contribution in [0.4, 0.5) is 0 Å². The molecule has 5 aliphatic carbocycles. The number of carboxylic acids is 1. The Hall–Kier alpha value is -1.71. The second-order valence-electron chi connectivity index (χ2n) is 25.7. The van der Waals surface area contributed by atoms with Crippen LogP contribution in [0.1, 0.15) is 87.0 Å². The Bertz CT molecular complexity index is 2150. The van der Waals surface area contributed by atoms with Gasteiger partial charge in [-0.15, -0.1) is 0 Å². The van der Waals surface area contributed by atoms with Crippen LogP contribution < -0.4 is 0 Å². The molecular formula is C52H84O25. The third-order valence-corrected chi connectivity index (χ3v) is 21.1. The van der Waals surface area contributed by atoms with Crippen molar-refractivity contribution in [3.8, 4) is 0 Å². The van der Waals surface area contributed by atoms with E-state index in [-0.39, 0.29) is 11.8 Å². The van der Waals surface area contributed by atoms with Crippen molar-refractivity contribution in [3.63, 3.8) is 0 Å². The lowest BCUT2D eigenvalue weighted by Crippen LogP contribution is -2.76. The molecule has 30 atom stereocenters. The lowest BCUT2D eigenvalue weighted by molar-refractivity contribution is -0.399. The van der Waals surface area contributed by atoms with Crippen molar-refractivity contribution < 1.29 is 124 Å². The molecule has 0 aromatic carbocycles. The van der Waals surface area contributed by atoms with Crippen LogP contribution in [0.2, 0.25) is 0 Å². The summed E-state index contributed by atoms with van der Waals surface area (Å²) in [5.74, 6) is -2.55. The van der Waals surface area contributed by atoms with Gasteiger partial charge in [0, 0.05) is 5.41 Å². The Balaban J connectivity index is 1.04. The first-order chi connectivity index (χ1) is 35.9. The van der Waals surface area contributed by atoms with Gasteiger partial charge in [0.15, 0.2) is 31.3 Å². The summed E-state index contributed by atoms with van der Waals surface area (Å²) < 4.78 is 48.3. The maximum atomic E-state index is 13.0. The second-order valence-corrected chi connectivity index (χ2v) is 25.7. The molecule has 0 unspecified atom stereocenters. The summed E-state index contributed by atoms with van der Waals surface area (Å²) in [6.45, 7) is 11.3. The van der Waals surface area contributed by atoms with Gasteiger partial charge in [-0.25, -0.2) is 4.79 Å². The van der Waals surface area contributed by atoms with Gasteiger partial charge < -0.3 is 120 Å². The zero-order valence-electron chi connectivity index (χ0n) is 44.5. The molecule has 4 heterocycles. The van der Waals surface area contributed by atoms with E-state index in [1.165, 1.54) is 0 Å². The summed E-state index contributed by atoms with van der Waals surface area (Å²) in [5, 5.41) is 177. The Morgan fingerprint density at radius 3 is 1.83 bits per heavy atom. The first-order valence-electron chi connectivity index (χ1n) is 27.1. The molecule has 0 radical (unpaired) electrons. The second kappa shape index (κ2) is 21.2. The Labute approximate surface area is 445 Å². The highest BCUT2D eigenvalue weighted by molar-refractivity contribution is 5.73. The van der Waals surface area contributed by atoms with E-state index < -0.39 is 212 Å². The first kappa shape index (κ1) is 59.9. The number of hydrogen-bond acceptors (Lipinski definition) is 24. The van der Waals surface area contributed by atoms with Crippen molar-refractivity contribution in [2.45, 2.75) is 228 Å². The molecule has 8 fully saturated rings. The molecule has 16 N–H and O–H groups in total. The third kappa shape index (κ3) is 9.12. The molecule has 25 nitrogen and oxygen atoms in total. The summed E-state index contributed by atoms with van der Waals surface area (Å²) in [5.41, 5.74) is -4.61. The van der Waals surface area contributed by atoms with Gasteiger partial charge in [-0.2, -0.15) is 0 Å². The van der Waals surface area contributed by atoms with Crippen LogP contribution in [-0.2, 0) is 42.7 Å². The van der Waals surface area contributed by atoms with Gasteiger partial charge in [0.05, 0.1) is 62.4 Å². The van der Waals surface area contributed by atoms with Crippen LogP contribution in [0.25, 0.3) is 0 Å². The molecule has 4 saturated carbocycles. The molecule has 0 aromatic rings. The monoisotopic (exact) mass is 1110 g/mol. The fourth-order valence-electron chi connectivity index (χ4n) is 16.3. The van der Waals surface area contributed by atoms with Crippen LogP contribution in [0, 0.1) is 50.2 Å². The van der Waals surface area contributed by atoms with Gasteiger partial charge in [0.2, 0.25) is 0 Å². The zero-order valence-corrected chi connectivity index (χ0v) is 44.5. The predicted molar refractivity (Wildman–Crippen MR) is 257 cm³/mol. The predicted octanol–water partition coefficient (Wildman–Crippen LogP) is -4.31. The zero-order chi connectivity index (χ0) is 56.6. The van der Waals surface area contributed by atoms with Crippen LogP contribution in [-0.4, -0.2) is 255 Å². The van der Waals surface area contributed by atoms with Crippen molar-refractivity contribution >= 4 is 5.97 Å². The van der Waals surface area contributed by atoms with E-state index in [1.54, 1.807) is 0 Å². The minimum atomic E-state index is -2.21. The summed E-state index contributed by atoms with van der Waals surface area (Å²) in [4.78, 5) is 13.0. The van der Waals surface area contributed by atoms with E-state index in [4.69, 9.17) is 37.9 Å². The molecule has 0 bridgehead atoms. The third-order valence-electron chi connectivity index (χ3n) is 21.1. The first-order valence-corrected chi connectivity index (χ1v) is 27.1. The topological polar surface area (TPSA) is 415 Å². The largest absolute Gasteiger partial charge is 0.479 e. The molecule has 4 aliphatic heterocycles. The molecule has 77 heavy (non-hydrogen) atoms. The fraction of sp³-hybridized carbons (Fsp3) is 0.942.